The number of oxazole rings is 1. The summed E-state index contributed by atoms with van der Waals surface area (Å²) >= 11 is 1.37. The minimum absolute atomic E-state index is 0.0749. The van der Waals surface area contributed by atoms with Gasteiger partial charge in [-0.15, -0.1) is 11.3 Å². The molecule has 142 valence electrons. The normalized spacial score (nSPS) is 11.6. The third-order valence-electron chi connectivity index (χ3n) is 4.16. The number of anilines is 1. The molecule has 0 radical (unpaired) electrons. The predicted molar refractivity (Wildman–Crippen MR) is 105 cm³/mol. The summed E-state index contributed by atoms with van der Waals surface area (Å²) < 4.78 is 11.0. The molecule has 0 bridgehead atoms. The quantitative estimate of drug-likeness (QED) is 0.648. The number of aromatic nitrogens is 1. The van der Waals surface area contributed by atoms with Crippen molar-refractivity contribution < 1.29 is 18.7 Å². The van der Waals surface area contributed by atoms with E-state index in [1.165, 1.54) is 11.3 Å². The minimum Gasteiger partial charge on any atom is -0.452 e. The molecule has 1 N–H and O–H groups in total. The molecule has 7 heteroatoms. The minimum atomic E-state index is -0.564. The number of nitrogens with one attached hydrogen (secondary N) is 1. The Kier molecular flexibility index (Phi) is 5.06. The topological polar surface area (TPSA) is 81.4 Å². The lowest BCUT2D eigenvalue weighted by Gasteiger charge is -2.17. The Morgan fingerprint density at radius 2 is 1.93 bits per heavy atom. The standard InChI is InChI=1S/C20H22N2O4S/c1-11-12(2)27-17(22-19(24)20(3,4)5)16(11)18(23)25-10-15-21-13-8-6-7-9-14(13)26-15/h6-9H,10H2,1-5H3,(H,22,24). The monoisotopic (exact) mass is 386 g/mol. The smallest absolute Gasteiger partial charge is 0.341 e. The fourth-order valence-electron chi connectivity index (χ4n) is 2.43. The van der Waals surface area contributed by atoms with Crippen LogP contribution in [0.4, 0.5) is 5.00 Å². The van der Waals surface area contributed by atoms with Crippen LogP contribution >= 0.6 is 11.3 Å². The first kappa shape index (κ1) is 19.1. The lowest BCUT2D eigenvalue weighted by molar-refractivity contribution is -0.123. The Balaban J connectivity index is 1.78. The lowest BCUT2D eigenvalue weighted by Crippen LogP contribution is -2.28. The highest BCUT2D eigenvalue weighted by atomic mass is 32.1. The van der Waals surface area contributed by atoms with E-state index in [9.17, 15) is 9.59 Å². The lowest BCUT2D eigenvalue weighted by atomic mass is 9.96. The van der Waals surface area contributed by atoms with Crippen molar-refractivity contribution in [3.63, 3.8) is 0 Å². The average Bonchev–Trinajstić information content (AvgIpc) is 3.13. The summed E-state index contributed by atoms with van der Waals surface area (Å²) in [6.07, 6.45) is 0. The van der Waals surface area contributed by atoms with Crippen LogP contribution in [0.1, 0.15) is 47.5 Å². The molecule has 3 aromatic rings. The van der Waals surface area contributed by atoms with Gasteiger partial charge in [-0.2, -0.15) is 0 Å². The Morgan fingerprint density at radius 1 is 1.22 bits per heavy atom. The van der Waals surface area contributed by atoms with Crippen LogP contribution < -0.4 is 5.32 Å². The fourth-order valence-corrected chi connectivity index (χ4v) is 3.48. The van der Waals surface area contributed by atoms with Gasteiger partial charge in [0, 0.05) is 10.3 Å². The molecule has 2 aromatic heterocycles. The molecule has 27 heavy (non-hydrogen) atoms. The summed E-state index contributed by atoms with van der Waals surface area (Å²) in [5, 5.41) is 3.36. The van der Waals surface area contributed by atoms with E-state index in [1.54, 1.807) is 6.07 Å². The fraction of sp³-hybridized carbons (Fsp3) is 0.350. The number of nitrogens with zero attached hydrogens (tertiary/aromatic N) is 1. The van der Waals surface area contributed by atoms with Crippen LogP contribution in [0.25, 0.3) is 11.1 Å². The van der Waals surface area contributed by atoms with Crippen molar-refractivity contribution in [1.29, 1.82) is 0 Å². The van der Waals surface area contributed by atoms with Crippen LogP contribution in [0.5, 0.6) is 0 Å². The van der Waals surface area contributed by atoms with Gasteiger partial charge in [0.15, 0.2) is 12.2 Å². The number of fused-ring (bicyclic) bond motifs is 1. The number of benzene rings is 1. The highest BCUT2D eigenvalue weighted by molar-refractivity contribution is 7.16. The zero-order chi connectivity index (χ0) is 19.8. The van der Waals surface area contributed by atoms with Crippen molar-refractivity contribution in [3.05, 3.63) is 46.2 Å². The largest absolute Gasteiger partial charge is 0.452 e. The summed E-state index contributed by atoms with van der Waals surface area (Å²) in [6.45, 7) is 9.14. The first-order valence-electron chi connectivity index (χ1n) is 8.60. The van der Waals surface area contributed by atoms with Gasteiger partial charge in [-0.25, -0.2) is 9.78 Å². The maximum atomic E-state index is 12.7. The number of hydrogen-bond acceptors (Lipinski definition) is 6. The maximum Gasteiger partial charge on any atom is 0.341 e. The Morgan fingerprint density at radius 3 is 2.59 bits per heavy atom. The zero-order valence-corrected chi connectivity index (χ0v) is 16.8. The van der Waals surface area contributed by atoms with Crippen molar-refractivity contribution >= 4 is 39.3 Å². The van der Waals surface area contributed by atoms with E-state index in [4.69, 9.17) is 9.15 Å². The molecule has 2 heterocycles. The van der Waals surface area contributed by atoms with Gasteiger partial charge >= 0.3 is 5.97 Å². The molecule has 0 spiro atoms. The van der Waals surface area contributed by atoms with E-state index in [2.05, 4.69) is 10.3 Å². The number of hydrogen-bond donors (Lipinski definition) is 1. The van der Waals surface area contributed by atoms with Gasteiger partial charge in [0.2, 0.25) is 11.8 Å². The number of thiophene rings is 1. The Bertz CT molecular complexity index is 978. The molecule has 0 aliphatic heterocycles. The van der Waals surface area contributed by atoms with E-state index in [0.717, 1.165) is 10.4 Å². The molecular formula is C20H22N2O4S. The Hall–Kier alpha value is -2.67. The van der Waals surface area contributed by atoms with Crippen LogP contribution in [0.15, 0.2) is 28.7 Å². The zero-order valence-electron chi connectivity index (χ0n) is 16.0. The second kappa shape index (κ2) is 7.15. The number of amides is 1. The summed E-state index contributed by atoms with van der Waals surface area (Å²) in [5.74, 6) is -0.338. The highest BCUT2D eigenvalue weighted by Crippen LogP contribution is 2.34. The molecular weight excluding hydrogens is 364 g/mol. The number of carbonyl (C=O) groups excluding carboxylic acids is 2. The molecule has 0 aliphatic rings. The second-order valence-corrected chi connectivity index (χ2v) is 8.57. The number of rotatable bonds is 4. The summed E-state index contributed by atoms with van der Waals surface area (Å²) in [6, 6.07) is 7.35. The van der Waals surface area contributed by atoms with Crippen molar-refractivity contribution in [2.24, 2.45) is 5.41 Å². The van der Waals surface area contributed by atoms with Gasteiger partial charge in [0.05, 0.1) is 5.56 Å². The molecule has 0 saturated carbocycles. The predicted octanol–water partition coefficient (Wildman–Crippen LogP) is 4.85. The molecule has 6 nitrogen and oxygen atoms in total. The molecule has 1 amide bonds. The number of ether oxygens (including phenoxy) is 1. The number of carbonyl (C=O) groups is 2. The molecule has 1 aromatic carbocycles. The number of para-hydroxylation sites is 2. The molecule has 0 atom stereocenters. The van der Waals surface area contributed by atoms with Crippen LogP contribution in [-0.2, 0) is 16.1 Å². The van der Waals surface area contributed by atoms with Gasteiger partial charge in [-0.1, -0.05) is 32.9 Å². The SMILES string of the molecule is Cc1sc(NC(=O)C(C)(C)C)c(C(=O)OCc2nc3ccccc3o2)c1C. The van der Waals surface area contributed by atoms with Gasteiger partial charge in [0.25, 0.3) is 0 Å². The van der Waals surface area contributed by atoms with Gasteiger partial charge in [-0.3, -0.25) is 4.79 Å². The van der Waals surface area contributed by atoms with Crippen LogP contribution in [0.2, 0.25) is 0 Å². The van der Waals surface area contributed by atoms with Gasteiger partial charge < -0.3 is 14.5 Å². The third-order valence-corrected chi connectivity index (χ3v) is 5.29. The number of aryl methyl sites for hydroxylation is 1. The molecule has 0 unspecified atom stereocenters. The molecule has 0 fully saturated rings. The molecule has 0 saturated heterocycles. The van der Waals surface area contributed by atoms with Gasteiger partial charge in [-0.05, 0) is 31.5 Å². The number of esters is 1. The molecule has 3 rings (SSSR count). The first-order chi connectivity index (χ1) is 12.7. The van der Waals surface area contributed by atoms with Gasteiger partial charge in [0.1, 0.15) is 10.5 Å². The van der Waals surface area contributed by atoms with Crippen molar-refractivity contribution in [2.45, 2.75) is 41.2 Å². The van der Waals surface area contributed by atoms with E-state index >= 15 is 0 Å². The third kappa shape index (κ3) is 4.03. The van der Waals surface area contributed by atoms with E-state index < -0.39 is 11.4 Å². The summed E-state index contributed by atoms with van der Waals surface area (Å²) in [5.41, 5.74) is 1.97. The van der Waals surface area contributed by atoms with E-state index in [1.807, 2.05) is 52.8 Å². The van der Waals surface area contributed by atoms with Crippen molar-refractivity contribution in [2.75, 3.05) is 5.32 Å². The Labute approximate surface area is 161 Å². The van der Waals surface area contributed by atoms with E-state index in [-0.39, 0.29) is 12.5 Å². The maximum absolute atomic E-state index is 12.7. The van der Waals surface area contributed by atoms with Crippen LogP contribution in [0, 0.1) is 19.3 Å². The van der Waals surface area contributed by atoms with Crippen LogP contribution in [-0.4, -0.2) is 16.9 Å². The second-order valence-electron chi connectivity index (χ2n) is 7.34. The van der Waals surface area contributed by atoms with Crippen molar-refractivity contribution in [1.82, 2.24) is 4.98 Å². The summed E-state index contributed by atoms with van der Waals surface area (Å²) in [4.78, 5) is 30.3. The highest BCUT2D eigenvalue weighted by Gasteiger charge is 2.27. The summed E-state index contributed by atoms with van der Waals surface area (Å²) in [7, 11) is 0. The van der Waals surface area contributed by atoms with Crippen LogP contribution in [0.3, 0.4) is 0 Å². The van der Waals surface area contributed by atoms with Crippen molar-refractivity contribution in [3.8, 4) is 0 Å². The average molecular weight is 386 g/mol. The first-order valence-corrected chi connectivity index (χ1v) is 9.41. The van der Waals surface area contributed by atoms with E-state index in [0.29, 0.717) is 27.6 Å². The molecule has 0 aliphatic carbocycles.